The van der Waals surface area contributed by atoms with E-state index in [2.05, 4.69) is 24.0 Å². The molecular weight excluding hydrogens is 326 g/mol. The van der Waals surface area contributed by atoms with Gasteiger partial charge in [-0.3, -0.25) is 0 Å². The fourth-order valence-corrected chi connectivity index (χ4v) is 3.20. The Hall–Kier alpha value is -2.11. The Balaban J connectivity index is 1.89. The fourth-order valence-electron chi connectivity index (χ4n) is 3.08. The second-order valence-electron chi connectivity index (χ2n) is 5.97. The molecule has 3 heteroatoms. The molecule has 0 aliphatic heterocycles. The molecule has 3 rings (SSSR count). The summed E-state index contributed by atoms with van der Waals surface area (Å²) in [4.78, 5) is 0. The lowest BCUT2D eigenvalue weighted by Crippen LogP contribution is -2.14. The molecule has 2 aromatic rings. The highest BCUT2D eigenvalue weighted by Gasteiger charge is 2.20. The predicted octanol–water partition coefficient (Wildman–Crippen LogP) is 5.70. The van der Waals surface area contributed by atoms with E-state index >= 15 is 0 Å². The zero-order valence-corrected chi connectivity index (χ0v) is 14.1. The Bertz CT molecular complexity index is 856. The second-order valence-corrected chi connectivity index (χ2v) is 6.38. The summed E-state index contributed by atoms with van der Waals surface area (Å²) in [5.74, 6) is 5.34. The van der Waals surface area contributed by atoms with E-state index in [0.717, 1.165) is 30.4 Å². The van der Waals surface area contributed by atoms with Crippen LogP contribution in [0.15, 0.2) is 42.5 Å². The minimum Gasteiger partial charge on any atom is -0.205 e. The van der Waals surface area contributed by atoms with Crippen molar-refractivity contribution in [2.75, 3.05) is 0 Å². The lowest BCUT2D eigenvalue weighted by molar-refractivity contribution is 0.519. The summed E-state index contributed by atoms with van der Waals surface area (Å²) in [6.07, 6.45) is 6.78. The summed E-state index contributed by atoms with van der Waals surface area (Å²) in [5.41, 5.74) is 2.66. The molecule has 1 aliphatic rings. The lowest BCUT2D eigenvalue weighted by atomic mass is 9.82. The molecule has 0 saturated heterocycles. The minimum atomic E-state index is -0.524. The summed E-state index contributed by atoms with van der Waals surface area (Å²) in [7, 11) is 0. The van der Waals surface area contributed by atoms with Crippen molar-refractivity contribution in [3.63, 3.8) is 0 Å². The topological polar surface area (TPSA) is 0 Å². The Kier molecular flexibility index (Phi) is 5.02. The first-order chi connectivity index (χ1) is 11.6. The first kappa shape index (κ1) is 16.7. The third-order valence-electron chi connectivity index (χ3n) is 4.31. The van der Waals surface area contributed by atoms with E-state index in [1.165, 1.54) is 12.1 Å². The van der Waals surface area contributed by atoms with Crippen molar-refractivity contribution in [3.8, 4) is 11.8 Å². The quantitative estimate of drug-likeness (QED) is 0.460. The first-order valence-electron chi connectivity index (χ1n) is 7.98. The van der Waals surface area contributed by atoms with E-state index in [1.807, 2.05) is 13.0 Å². The Labute approximate surface area is 146 Å². The van der Waals surface area contributed by atoms with Crippen molar-refractivity contribution < 1.29 is 8.78 Å². The van der Waals surface area contributed by atoms with Gasteiger partial charge in [-0.2, -0.15) is 0 Å². The molecule has 0 bridgehead atoms. The van der Waals surface area contributed by atoms with Gasteiger partial charge in [0.15, 0.2) is 0 Å². The first-order valence-corrected chi connectivity index (χ1v) is 8.36. The molecule has 2 aromatic carbocycles. The molecule has 122 valence electrons. The number of allylic oxidation sites excluding steroid dienone is 2. The third-order valence-corrected chi connectivity index (χ3v) is 4.62. The maximum Gasteiger partial charge on any atom is 0.143 e. The minimum absolute atomic E-state index is 0.0520. The number of hydrogen-bond acceptors (Lipinski definition) is 0. The molecule has 0 N–H and O–H groups in total. The van der Waals surface area contributed by atoms with Gasteiger partial charge in [-0.15, -0.1) is 0 Å². The highest BCUT2D eigenvalue weighted by Crippen LogP contribution is 2.29. The van der Waals surface area contributed by atoms with E-state index in [-0.39, 0.29) is 10.8 Å². The van der Waals surface area contributed by atoms with Crippen LogP contribution in [0, 0.1) is 29.4 Å². The van der Waals surface area contributed by atoms with Crippen LogP contribution in [0.4, 0.5) is 8.78 Å². The highest BCUT2D eigenvalue weighted by molar-refractivity contribution is 6.30. The average molecular weight is 343 g/mol. The zero-order chi connectivity index (χ0) is 17.1. The van der Waals surface area contributed by atoms with Crippen LogP contribution in [-0.2, 0) is 12.8 Å². The molecule has 1 aliphatic carbocycles. The molecule has 0 radical (unpaired) electrons. The standard InChI is InChI=1S/C21H17ClF2/c1-2-3-14-5-10-18-17(12-14)9-8-16(21(18)24)7-4-15-6-11-19(22)20(23)13-15/h2-3,6,8-9,11,13-14H,5,10,12H2,1H3/b3-2+. The molecule has 1 unspecified atom stereocenters. The second kappa shape index (κ2) is 7.20. The van der Waals surface area contributed by atoms with Crippen molar-refractivity contribution in [1.82, 2.24) is 0 Å². The third kappa shape index (κ3) is 3.52. The van der Waals surface area contributed by atoms with E-state index in [0.29, 0.717) is 17.0 Å². The van der Waals surface area contributed by atoms with E-state index in [9.17, 15) is 8.78 Å². The molecule has 24 heavy (non-hydrogen) atoms. The lowest BCUT2D eigenvalue weighted by Gasteiger charge is -2.23. The summed E-state index contributed by atoms with van der Waals surface area (Å²) in [6, 6.07) is 8.00. The van der Waals surface area contributed by atoms with Gasteiger partial charge in [0.1, 0.15) is 11.6 Å². The SMILES string of the molecule is C/C=C/C1CCc2c(ccc(C#Cc3ccc(Cl)c(F)c3)c2F)C1. The number of benzene rings is 2. The maximum absolute atomic E-state index is 14.7. The van der Waals surface area contributed by atoms with Gasteiger partial charge in [-0.1, -0.05) is 41.7 Å². The van der Waals surface area contributed by atoms with E-state index in [4.69, 9.17) is 11.6 Å². The van der Waals surface area contributed by atoms with Gasteiger partial charge >= 0.3 is 0 Å². The van der Waals surface area contributed by atoms with Gasteiger partial charge in [-0.05, 0) is 67.5 Å². The van der Waals surface area contributed by atoms with Crippen molar-refractivity contribution in [3.05, 3.63) is 81.4 Å². The van der Waals surface area contributed by atoms with Gasteiger partial charge < -0.3 is 0 Å². The van der Waals surface area contributed by atoms with Crippen LogP contribution in [0.3, 0.4) is 0 Å². The Morgan fingerprint density at radius 1 is 1.17 bits per heavy atom. The van der Waals surface area contributed by atoms with Gasteiger partial charge in [0.05, 0.1) is 10.6 Å². The van der Waals surface area contributed by atoms with Crippen LogP contribution in [0.2, 0.25) is 5.02 Å². The zero-order valence-electron chi connectivity index (χ0n) is 13.4. The number of fused-ring (bicyclic) bond motifs is 1. The van der Waals surface area contributed by atoms with Crippen molar-refractivity contribution >= 4 is 11.6 Å². The molecule has 0 saturated carbocycles. The average Bonchev–Trinajstić information content (AvgIpc) is 2.57. The van der Waals surface area contributed by atoms with Gasteiger partial charge in [0, 0.05) is 5.56 Å². The summed E-state index contributed by atoms with van der Waals surface area (Å²) in [6.45, 7) is 2.01. The number of hydrogen-bond donors (Lipinski definition) is 0. The normalized spacial score (nSPS) is 16.6. The summed E-state index contributed by atoms with van der Waals surface area (Å²) < 4.78 is 28.1. The molecular formula is C21H17ClF2. The van der Waals surface area contributed by atoms with Crippen LogP contribution in [-0.4, -0.2) is 0 Å². The molecule has 0 heterocycles. The number of halogens is 3. The van der Waals surface area contributed by atoms with Crippen LogP contribution in [0.1, 0.15) is 35.6 Å². The highest BCUT2D eigenvalue weighted by atomic mass is 35.5. The summed E-state index contributed by atoms with van der Waals surface area (Å²) >= 11 is 5.65. The van der Waals surface area contributed by atoms with Gasteiger partial charge in [0.2, 0.25) is 0 Å². The predicted molar refractivity (Wildman–Crippen MR) is 94.1 cm³/mol. The largest absolute Gasteiger partial charge is 0.205 e. The van der Waals surface area contributed by atoms with Crippen LogP contribution in [0.5, 0.6) is 0 Å². The van der Waals surface area contributed by atoms with Crippen molar-refractivity contribution in [1.29, 1.82) is 0 Å². The summed E-state index contributed by atoms with van der Waals surface area (Å²) in [5, 5.41) is 0.0520. The number of rotatable bonds is 1. The molecule has 0 amide bonds. The van der Waals surface area contributed by atoms with Crippen LogP contribution in [0.25, 0.3) is 0 Å². The molecule has 0 fully saturated rings. The molecule has 1 atom stereocenters. The smallest absolute Gasteiger partial charge is 0.143 e. The maximum atomic E-state index is 14.7. The Morgan fingerprint density at radius 3 is 2.75 bits per heavy atom. The van der Waals surface area contributed by atoms with Gasteiger partial charge in [-0.25, -0.2) is 8.78 Å². The molecule has 0 aromatic heterocycles. The van der Waals surface area contributed by atoms with Crippen molar-refractivity contribution in [2.45, 2.75) is 26.2 Å². The fraction of sp³-hybridized carbons (Fsp3) is 0.238. The monoisotopic (exact) mass is 342 g/mol. The Morgan fingerprint density at radius 2 is 2.00 bits per heavy atom. The van der Waals surface area contributed by atoms with Crippen LogP contribution >= 0.6 is 11.6 Å². The molecule has 0 spiro atoms. The molecule has 0 nitrogen and oxygen atoms in total. The van der Waals surface area contributed by atoms with E-state index in [1.54, 1.807) is 12.1 Å². The van der Waals surface area contributed by atoms with Gasteiger partial charge in [0.25, 0.3) is 0 Å². The van der Waals surface area contributed by atoms with E-state index < -0.39 is 5.82 Å². The van der Waals surface area contributed by atoms with Crippen molar-refractivity contribution in [2.24, 2.45) is 5.92 Å². The van der Waals surface area contributed by atoms with Crippen LogP contribution < -0.4 is 0 Å².